The van der Waals surface area contributed by atoms with Crippen molar-refractivity contribution in [3.8, 4) is 5.75 Å². The number of carboxylic acid groups (broad SMARTS) is 1. The molecule has 2 aromatic rings. The number of aryl methyl sites for hydroxylation is 1. The van der Waals surface area contributed by atoms with E-state index in [9.17, 15) is 9.90 Å². The topological polar surface area (TPSA) is 59.4 Å². The lowest BCUT2D eigenvalue weighted by atomic mass is 9.96. The maximum Gasteiger partial charge on any atom is 0.314 e. The summed E-state index contributed by atoms with van der Waals surface area (Å²) in [5.41, 5.74) is 0.976. The Bertz CT molecular complexity index is 686. The van der Waals surface area contributed by atoms with Crippen LogP contribution >= 0.6 is 11.3 Å². The summed E-state index contributed by atoms with van der Waals surface area (Å²) in [6.07, 6.45) is 1.44. The molecular formula is C15H17NO3S. The van der Waals surface area contributed by atoms with Gasteiger partial charge in [-0.3, -0.25) is 4.79 Å². The third-order valence-electron chi connectivity index (χ3n) is 3.64. The molecule has 5 heteroatoms. The predicted molar refractivity (Wildman–Crippen MR) is 78.7 cm³/mol. The zero-order chi connectivity index (χ0) is 14.5. The van der Waals surface area contributed by atoms with Gasteiger partial charge < -0.3 is 9.84 Å². The summed E-state index contributed by atoms with van der Waals surface area (Å²) in [5.74, 6) is -0.0436. The van der Waals surface area contributed by atoms with Gasteiger partial charge in [-0.2, -0.15) is 0 Å². The van der Waals surface area contributed by atoms with E-state index in [4.69, 9.17) is 4.74 Å². The van der Waals surface area contributed by atoms with Crippen molar-refractivity contribution >= 4 is 27.5 Å². The molecule has 20 heavy (non-hydrogen) atoms. The second kappa shape index (κ2) is 4.45. The minimum absolute atomic E-state index is 0.0374. The van der Waals surface area contributed by atoms with Crippen LogP contribution in [0.15, 0.2) is 12.1 Å². The number of nitrogens with zero attached hydrogens (tertiary/aromatic N) is 1. The van der Waals surface area contributed by atoms with Crippen LogP contribution in [0.2, 0.25) is 0 Å². The standard InChI is InChI=1S/C15H17NO3S/c1-8(2)19-11-6-10(15(4-5-15)14(17)18)7-12-13(11)16-9(3)20-12/h6-8H,4-5H2,1-3H3,(H,17,18). The third kappa shape index (κ3) is 2.06. The van der Waals surface area contributed by atoms with Gasteiger partial charge >= 0.3 is 5.97 Å². The molecule has 0 amide bonds. The highest BCUT2D eigenvalue weighted by Crippen LogP contribution is 2.50. The number of hydrogen-bond acceptors (Lipinski definition) is 4. The van der Waals surface area contributed by atoms with Crippen molar-refractivity contribution in [2.45, 2.75) is 45.1 Å². The third-order valence-corrected chi connectivity index (χ3v) is 4.56. The highest BCUT2D eigenvalue weighted by Gasteiger charge is 2.52. The Morgan fingerprint density at radius 1 is 1.45 bits per heavy atom. The summed E-state index contributed by atoms with van der Waals surface area (Å²) >= 11 is 1.58. The van der Waals surface area contributed by atoms with Gasteiger partial charge in [0.2, 0.25) is 0 Å². The van der Waals surface area contributed by atoms with Gasteiger partial charge in [0.15, 0.2) is 0 Å². The van der Waals surface area contributed by atoms with E-state index in [1.807, 2.05) is 32.9 Å². The maximum absolute atomic E-state index is 11.5. The van der Waals surface area contributed by atoms with Crippen LogP contribution in [-0.2, 0) is 10.2 Å². The quantitative estimate of drug-likeness (QED) is 0.936. The number of thiazole rings is 1. The Kier molecular flexibility index (Phi) is 2.97. The van der Waals surface area contributed by atoms with E-state index in [1.54, 1.807) is 11.3 Å². The van der Waals surface area contributed by atoms with Crippen molar-refractivity contribution < 1.29 is 14.6 Å². The summed E-state index contributed by atoms with van der Waals surface area (Å²) in [7, 11) is 0. The van der Waals surface area contributed by atoms with Crippen LogP contribution in [0, 0.1) is 6.92 Å². The van der Waals surface area contributed by atoms with Gasteiger partial charge in [0, 0.05) is 0 Å². The van der Waals surface area contributed by atoms with E-state index in [0.29, 0.717) is 18.6 Å². The van der Waals surface area contributed by atoms with E-state index >= 15 is 0 Å². The van der Waals surface area contributed by atoms with E-state index < -0.39 is 11.4 Å². The number of ether oxygens (including phenoxy) is 1. The van der Waals surface area contributed by atoms with Gasteiger partial charge in [-0.05, 0) is 51.3 Å². The molecule has 106 valence electrons. The first-order valence-corrected chi connectivity index (χ1v) is 7.56. The summed E-state index contributed by atoms with van der Waals surface area (Å²) < 4.78 is 6.84. The average Bonchev–Trinajstić information content (AvgIpc) is 3.06. The number of fused-ring (bicyclic) bond motifs is 1. The second-order valence-electron chi connectivity index (χ2n) is 5.61. The van der Waals surface area contributed by atoms with E-state index in [0.717, 1.165) is 20.8 Å². The highest BCUT2D eigenvalue weighted by molar-refractivity contribution is 7.18. The number of carbonyl (C=O) groups is 1. The lowest BCUT2D eigenvalue weighted by molar-refractivity contribution is -0.140. The zero-order valence-corrected chi connectivity index (χ0v) is 12.6. The van der Waals surface area contributed by atoms with Gasteiger partial charge in [-0.1, -0.05) is 0 Å². The molecule has 0 bridgehead atoms. The first kappa shape index (κ1) is 13.4. The molecule has 1 heterocycles. The lowest BCUT2D eigenvalue weighted by Gasteiger charge is -2.15. The molecule has 1 aliphatic rings. The van der Waals surface area contributed by atoms with Crippen molar-refractivity contribution in [1.82, 2.24) is 4.98 Å². The van der Waals surface area contributed by atoms with Crippen LogP contribution in [0.5, 0.6) is 5.75 Å². The van der Waals surface area contributed by atoms with Crippen molar-refractivity contribution in [2.75, 3.05) is 0 Å². The molecule has 1 aromatic carbocycles. The Morgan fingerprint density at radius 2 is 2.15 bits per heavy atom. The summed E-state index contributed by atoms with van der Waals surface area (Å²) in [5, 5.41) is 10.4. The predicted octanol–water partition coefficient (Wildman–Crippen LogP) is 3.51. The number of aliphatic carboxylic acids is 1. The highest BCUT2D eigenvalue weighted by atomic mass is 32.1. The smallest absolute Gasteiger partial charge is 0.314 e. The SMILES string of the molecule is Cc1nc2c(OC(C)C)cc(C3(C(=O)O)CC3)cc2s1. The Morgan fingerprint density at radius 3 is 2.70 bits per heavy atom. The van der Waals surface area contributed by atoms with Crippen LogP contribution in [0.4, 0.5) is 0 Å². The van der Waals surface area contributed by atoms with Crippen LogP contribution in [-0.4, -0.2) is 22.2 Å². The number of benzene rings is 1. The summed E-state index contributed by atoms with van der Waals surface area (Å²) in [6.45, 7) is 5.87. The second-order valence-corrected chi connectivity index (χ2v) is 6.84. The van der Waals surface area contributed by atoms with E-state index in [1.165, 1.54) is 0 Å². The first-order valence-electron chi connectivity index (χ1n) is 6.74. The van der Waals surface area contributed by atoms with Crippen LogP contribution in [0.3, 0.4) is 0 Å². The molecule has 0 aliphatic heterocycles. The Balaban J connectivity index is 2.17. The van der Waals surface area contributed by atoms with Gasteiger partial charge in [0.05, 0.1) is 21.2 Å². The Labute approximate surface area is 121 Å². The molecule has 1 aromatic heterocycles. The number of rotatable bonds is 4. The molecule has 3 rings (SSSR count). The molecule has 0 unspecified atom stereocenters. The number of carboxylic acids is 1. The summed E-state index contributed by atoms with van der Waals surface area (Å²) in [6, 6.07) is 3.83. The molecule has 1 saturated carbocycles. The number of hydrogen-bond donors (Lipinski definition) is 1. The minimum Gasteiger partial charge on any atom is -0.489 e. The van der Waals surface area contributed by atoms with Crippen LogP contribution in [0.25, 0.3) is 10.2 Å². The molecule has 1 N–H and O–H groups in total. The average molecular weight is 291 g/mol. The lowest BCUT2D eigenvalue weighted by Crippen LogP contribution is -2.19. The molecule has 1 fully saturated rings. The summed E-state index contributed by atoms with van der Waals surface area (Å²) in [4.78, 5) is 16.0. The van der Waals surface area contributed by atoms with Gasteiger partial charge in [-0.25, -0.2) is 4.98 Å². The first-order chi connectivity index (χ1) is 9.42. The van der Waals surface area contributed by atoms with Gasteiger partial charge in [0.25, 0.3) is 0 Å². The van der Waals surface area contributed by atoms with Crippen molar-refractivity contribution in [3.05, 3.63) is 22.7 Å². The Hall–Kier alpha value is -1.62. The molecule has 0 spiro atoms. The fourth-order valence-electron chi connectivity index (χ4n) is 2.48. The van der Waals surface area contributed by atoms with Crippen LogP contribution in [0.1, 0.15) is 37.3 Å². The largest absolute Gasteiger partial charge is 0.489 e. The zero-order valence-electron chi connectivity index (χ0n) is 11.8. The molecule has 4 nitrogen and oxygen atoms in total. The van der Waals surface area contributed by atoms with Crippen molar-refractivity contribution in [2.24, 2.45) is 0 Å². The van der Waals surface area contributed by atoms with E-state index in [-0.39, 0.29) is 6.10 Å². The fraction of sp³-hybridized carbons (Fsp3) is 0.467. The molecular weight excluding hydrogens is 274 g/mol. The van der Waals surface area contributed by atoms with Gasteiger partial charge in [-0.15, -0.1) is 11.3 Å². The number of aromatic nitrogens is 1. The van der Waals surface area contributed by atoms with E-state index in [2.05, 4.69) is 4.98 Å². The minimum atomic E-state index is -0.742. The molecule has 0 saturated heterocycles. The van der Waals surface area contributed by atoms with Crippen molar-refractivity contribution in [3.63, 3.8) is 0 Å². The van der Waals surface area contributed by atoms with Crippen LogP contribution < -0.4 is 4.74 Å². The normalized spacial score (nSPS) is 16.6. The van der Waals surface area contributed by atoms with Crippen molar-refractivity contribution in [1.29, 1.82) is 0 Å². The molecule has 1 aliphatic carbocycles. The monoisotopic (exact) mass is 291 g/mol. The van der Waals surface area contributed by atoms with Gasteiger partial charge in [0.1, 0.15) is 11.3 Å². The molecule has 0 radical (unpaired) electrons. The maximum atomic E-state index is 11.5. The molecule has 0 atom stereocenters. The fourth-order valence-corrected chi connectivity index (χ4v) is 3.36.